The largest absolute Gasteiger partial charge is 0.382 e. The van der Waals surface area contributed by atoms with E-state index < -0.39 is 0 Å². The molecule has 2 N–H and O–H groups in total. The number of hydrogen-bond donors (Lipinski definition) is 1. The standard InChI is InChI=1S/C18H25BrN6O/c1-11(2)23-8-12-4-5-18(3,10-25(12)13(26)9-23)17-22-15(19)14-16(20)21-6-7-24(14)17/h6-7,11-12H,4-5,8-10H2,1-3H3,(H2,20,21)/t12-,18+/m0/s1. The molecule has 0 radical (unpaired) electrons. The molecule has 2 saturated heterocycles. The molecule has 8 heteroatoms. The van der Waals surface area contributed by atoms with E-state index in [9.17, 15) is 4.79 Å². The summed E-state index contributed by atoms with van der Waals surface area (Å²) in [6.07, 6.45) is 5.57. The summed E-state index contributed by atoms with van der Waals surface area (Å²) in [5.74, 6) is 1.62. The number of nitrogens with two attached hydrogens (primary N) is 1. The number of piperidine rings is 1. The van der Waals surface area contributed by atoms with Gasteiger partial charge in [0.15, 0.2) is 5.82 Å². The monoisotopic (exact) mass is 420 g/mol. The lowest BCUT2D eigenvalue weighted by Gasteiger charge is -2.50. The minimum absolute atomic E-state index is 0.213. The van der Waals surface area contributed by atoms with Crippen LogP contribution in [0.2, 0.25) is 0 Å². The van der Waals surface area contributed by atoms with Crippen molar-refractivity contribution in [1.82, 2.24) is 24.2 Å². The molecule has 2 aliphatic rings. The molecule has 7 nitrogen and oxygen atoms in total. The van der Waals surface area contributed by atoms with Crippen LogP contribution in [0.25, 0.3) is 5.52 Å². The van der Waals surface area contributed by atoms with Crippen LogP contribution in [-0.4, -0.2) is 61.8 Å². The van der Waals surface area contributed by atoms with Crippen LogP contribution in [0.15, 0.2) is 17.0 Å². The molecular formula is C18H25BrN6O. The van der Waals surface area contributed by atoms with Crippen molar-refractivity contribution >= 4 is 33.2 Å². The molecule has 4 rings (SSSR count). The van der Waals surface area contributed by atoms with E-state index in [0.29, 0.717) is 35.6 Å². The van der Waals surface area contributed by atoms with E-state index in [1.54, 1.807) is 6.20 Å². The maximum absolute atomic E-state index is 12.8. The van der Waals surface area contributed by atoms with Gasteiger partial charge in [-0.15, -0.1) is 0 Å². The number of piperazine rings is 1. The van der Waals surface area contributed by atoms with Gasteiger partial charge in [-0.2, -0.15) is 0 Å². The van der Waals surface area contributed by atoms with Gasteiger partial charge in [0.05, 0.1) is 6.54 Å². The summed E-state index contributed by atoms with van der Waals surface area (Å²) in [7, 11) is 0. The van der Waals surface area contributed by atoms with Crippen molar-refractivity contribution in [2.75, 3.05) is 25.4 Å². The first-order valence-corrected chi connectivity index (χ1v) is 9.91. The number of halogens is 1. The van der Waals surface area contributed by atoms with Crippen molar-refractivity contribution in [1.29, 1.82) is 0 Å². The molecule has 26 heavy (non-hydrogen) atoms. The molecule has 4 heterocycles. The van der Waals surface area contributed by atoms with E-state index in [1.807, 2.05) is 10.6 Å². The molecule has 0 aliphatic carbocycles. The van der Waals surface area contributed by atoms with Crippen molar-refractivity contribution in [2.45, 2.75) is 51.1 Å². The summed E-state index contributed by atoms with van der Waals surface area (Å²) >= 11 is 3.52. The number of fused-ring (bicyclic) bond motifs is 2. The lowest BCUT2D eigenvalue weighted by atomic mass is 9.77. The summed E-state index contributed by atoms with van der Waals surface area (Å²) in [4.78, 5) is 26.1. The Kier molecular flexibility index (Phi) is 4.23. The zero-order valence-electron chi connectivity index (χ0n) is 15.4. The fourth-order valence-electron chi connectivity index (χ4n) is 4.33. The Labute approximate surface area is 161 Å². The highest BCUT2D eigenvalue weighted by atomic mass is 79.9. The van der Waals surface area contributed by atoms with Gasteiger partial charge in [-0.05, 0) is 42.6 Å². The van der Waals surface area contributed by atoms with E-state index in [2.05, 4.69) is 51.5 Å². The average molecular weight is 421 g/mol. The van der Waals surface area contributed by atoms with E-state index in [4.69, 9.17) is 10.7 Å². The number of carbonyl (C=O) groups excluding carboxylic acids is 1. The third-order valence-corrected chi connectivity index (χ3v) is 6.46. The van der Waals surface area contributed by atoms with Crippen LogP contribution in [0, 0.1) is 0 Å². The second-order valence-corrected chi connectivity index (χ2v) is 8.81. The second-order valence-electron chi connectivity index (χ2n) is 8.06. The molecule has 140 valence electrons. The van der Waals surface area contributed by atoms with Crippen molar-refractivity contribution in [3.8, 4) is 0 Å². The molecule has 0 saturated carbocycles. The van der Waals surface area contributed by atoms with Crippen LogP contribution in [-0.2, 0) is 10.2 Å². The predicted molar refractivity (Wildman–Crippen MR) is 104 cm³/mol. The third kappa shape index (κ3) is 2.70. The number of nitrogens with zero attached hydrogens (tertiary/aromatic N) is 5. The Morgan fingerprint density at radius 1 is 1.42 bits per heavy atom. The molecule has 2 aromatic heterocycles. The van der Waals surface area contributed by atoms with Crippen LogP contribution in [0.1, 0.15) is 39.4 Å². The minimum atomic E-state index is -0.213. The van der Waals surface area contributed by atoms with E-state index >= 15 is 0 Å². The fourth-order valence-corrected chi connectivity index (χ4v) is 4.89. The van der Waals surface area contributed by atoms with E-state index in [0.717, 1.165) is 30.7 Å². The summed E-state index contributed by atoms with van der Waals surface area (Å²) in [5.41, 5.74) is 6.62. The maximum atomic E-state index is 12.8. The van der Waals surface area contributed by atoms with Crippen molar-refractivity contribution in [3.63, 3.8) is 0 Å². The Morgan fingerprint density at radius 3 is 2.92 bits per heavy atom. The number of carbonyl (C=O) groups is 1. The number of rotatable bonds is 2. The van der Waals surface area contributed by atoms with Gasteiger partial charge in [-0.1, -0.05) is 6.92 Å². The molecule has 1 amide bonds. The minimum Gasteiger partial charge on any atom is -0.382 e. The van der Waals surface area contributed by atoms with Crippen LogP contribution in [0.5, 0.6) is 0 Å². The van der Waals surface area contributed by atoms with E-state index in [-0.39, 0.29) is 11.3 Å². The van der Waals surface area contributed by atoms with E-state index in [1.165, 1.54) is 0 Å². The molecule has 0 spiro atoms. The molecule has 2 aliphatic heterocycles. The van der Waals surface area contributed by atoms with Gasteiger partial charge in [-0.3, -0.25) is 14.1 Å². The number of aromatic nitrogens is 3. The third-order valence-electron chi connectivity index (χ3n) is 5.90. The zero-order valence-corrected chi connectivity index (χ0v) is 17.0. The van der Waals surface area contributed by atoms with Crippen LogP contribution in [0.4, 0.5) is 5.82 Å². The maximum Gasteiger partial charge on any atom is 0.237 e. The summed E-state index contributed by atoms with van der Waals surface area (Å²) in [5, 5.41) is 0. The molecule has 0 unspecified atom stereocenters. The van der Waals surface area contributed by atoms with Crippen LogP contribution in [0.3, 0.4) is 0 Å². The molecule has 0 aromatic carbocycles. The Balaban J connectivity index is 1.68. The van der Waals surface area contributed by atoms with Gasteiger partial charge < -0.3 is 10.6 Å². The number of hydrogen-bond acceptors (Lipinski definition) is 5. The lowest BCUT2D eigenvalue weighted by molar-refractivity contribution is -0.144. The highest BCUT2D eigenvalue weighted by molar-refractivity contribution is 9.10. The quantitative estimate of drug-likeness (QED) is 0.803. The van der Waals surface area contributed by atoms with Gasteiger partial charge in [-0.25, -0.2) is 9.97 Å². The van der Waals surface area contributed by atoms with Crippen LogP contribution < -0.4 is 5.73 Å². The topological polar surface area (TPSA) is 79.8 Å². The average Bonchev–Trinajstić information content (AvgIpc) is 2.94. The van der Waals surface area contributed by atoms with Gasteiger partial charge in [0.25, 0.3) is 0 Å². The highest BCUT2D eigenvalue weighted by Crippen LogP contribution is 2.39. The van der Waals surface area contributed by atoms with Crippen molar-refractivity contribution in [3.05, 3.63) is 22.8 Å². The first kappa shape index (κ1) is 17.7. The normalized spacial score (nSPS) is 27.3. The van der Waals surface area contributed by atoms with Crippen molar-refractivity contribution < 1.29 is 4.79 Å². The Bertz CT molecular complexity index is 865. The first-order valence-electron chi connectivity index (χ1n) is 9.12. The summed E-state index contributed by atoms with van der Waals surface area (Å²) < 4.78 is 2.72. The van der Waals surface area contributed by atoms with Gasteiger partial charge in [0.1, 0.15) is 15.9 Å². The van der Waals surface area contributed by atoms with Crippen LogP contribution >= 0.6 is 15.9 Å². The summed E-state index contributed by atoms with van der Waals surface area (Å²) in [6, 6.07) is 0.699. The van der Waals surface area contributed by atoms with Gasteiger partial charge in [0.2, 0.25) is 5.91 Å². The lowest BCUT2D eigenvalue weighted by Crippen LogP contribution is -2.63. The molecule has 0 bridgehead atoms. The van der Waals surface area contributed by atoms with Gasteiger partial charge in [0, 0.05) is 43.0 Å². The number of nitrogen functional groups attached to an aromatic ring is 1. The number of amides is 1. The van der Waals surface area contributed by atoms with Gasteiger partial charge >= 0.3 is 0 Å². The first-order chi connectivity index (χ1) is 12.3. The Morgan fingerprint density at radius 2 is 2.19 bits per heavy atom. The summed E-state index contributed by atoms with van der Waals surface area (Å²) in [6.45, 7) is 8.67. The molecule has 2 atom stereocenters. The Hall–Kier alpha value is -1.67. The second kappa shape index (κ2) is 6.20. The number of imidazole rings is 1. The fraction of sp³-hybridized carbons (Fsp3) is 0.611. The molecule has 2 fully saturated rings. The van der Waals surface area contributed by atoms with Crippen molar-refractivity contribution in [2.24, 2.45) is 0 Å². The molecular weight excluding hydrogens is 396 g/mol. The predicted octanol–water partition coefficient (Wildman–Crippen LogP) is 2.05. The number of anilines is 1. The SMILES string of the molecule is CC(C)N1CC(=O)N2C[C@](C)(c3nc(Br)c4c(N)nccn34)CC[C@H]2C1. The highest BCUT2D eigenvalue weighted by Gasteiger charge is 2.45. The molecule has 2 aromatic rings. The zero-order chi connectivity index (χ0) is 18.6. The smallest absolute Gasteiger partial charge is 0.237 e.